The van der Waals surface area contributed by atoms with Crippen molar-refractivity contribution in [3.63, 3.8) is 0 Å². The molecule has 0 aromatic carbocycles. The molecule has 1 aromatic rings. The largest absolute Gasteiger partial charge is 0.490 e. The zero-order chi connectivity index (χ0) is 10.5. The molecule has 0 amide bonds. The second kappa shape index (κ2) is 5.01. The average molecular weight is 206 g/mol. The van der Waals surface area contributed by atoms with Crippen LogP contribution in [0.25, 0.3) is 0 Å². The number of anilines is 1. The Bertz CT molecular complexity index is 310. The van der Waals surface area contributed by atoms with Crippen molar-refractivity contribution >= 4 is 5.82 Å². The van der Waals surface area contributed by atoms with Gasteiger partial charge in [0, 0.05) is 12.7 Å². The van der Waals surface area contributed by atoms with E-state index in [0.29, 0.717) is 6.61 Å². The third-order valence-corrected chi connectivity index (χ3v) is 2.61. The highest BCUT2D eigenvalue weighted by Gasteiger charge is 2.20. The van der Waals surface area contributed by atoms with Crippen LogP contribution in [-0.2, 0) is 0 Å². The van der Waals surface area contributed by atoms with Gasteiger partial charge >= 0.3 is 0 Å². The summed E-state index contributed by atoms with van der Waals surface area (Å²) in [5, 5.41) is 3.33. The zero-order valence-electron chi connectivity index (χ0n) is 9.20. The predicted octanol–water partition coefficient (Wildman–Crippen LogP) is 2.69. The van der Waals surface area contributed by atoms with Gasteiger partial charge < -0.3 is 10.1 Å². The number of rotatable bonds is 6. The number of nitrogens with one attached hydrogen (secondary N) is 1. The van der Waals surface area contributed by atoms with Crippen LogP contribution in [-0.4, -0.2) is 18.1 Å². The van der Waals surface area contributed by atoms with Crippen LogP contribution in [0.3, 0.4) is 0 Å². The molecule has 0 radical (unpaired) electrons. The Balaban J connectivity index is 1.86. The molecule has 0 saturated heterocycles. The van der Waals surface area contributed by atoms with Gasteiger partial charge in [0.05, 0.1) is 6.61 Å². The smallest absolute Gasteiger partial charge is 0.168 e. The second-order valence-corrected chi connectivity index (χ2v) is 3.94. The van der Waals surface area contributed by atoms with Gasteiger partial charge in [0.1, 0.15) is 0 Å². The van der Waals surface area contributed by atoms with Crippen LogP contribution in [0.2, 0.25) is 0 Å². The third kappa shape index (κ3) is 3.11. The predicted molar refractivity (Wildman–Crippen MR) is 61.2 cm³/mol. The lowest BCUT2D eigenvalue weighted by Crippen LogP contribution is -2.06. The Morgan fingerprint density at radius 1 is 1.53 bits per heavy atom. The molecule has 0 bridgehead atoms. The molecule has 1 saturated carbocycles. The summed E-state index contributed by atoms with van der Waals surface area (Å²) in [7, 11) is 0. The van der Waals surface area contributed by atoms with E-state index >= 15 is 0 Å². The highest BCUT2D eigenvalue weighted by atomic mass is 16.5. The molecule has 3 heteroatoms. The lowest BCUT2D eigenvalue weighted by molar-refractivity contribution is 0.340. The average Bonchev–Trinajstić information content (AvgIpc) is 3.05. The molecule has 1 heterocycles. The first-order valence-electron chi connectivity index (χ1n) is 5.72. The Morgan fingerprint density at radius 3 is 3.13 bits per heavy atom. The van der Waals surface area contributed by atoms with E-state index in [0.717, 1.165) is 24.0 Å². The first-order chi connectivity index (χ1) is 7.40. The number of hydrogen-bond acceptors (Lipinski definition) is 3. The van der Waals surface area contributed by atoms with Crippen LogP contribution in [0.4, 0.5) is 5.82 Å². The van der Waals surface area contributed by atoms with Crippen LogP contribution < -0.4 is 10.1 Å². The van der Waals surface area contributed by atoms with E-state index in [9.17, 15) is 0 Å². The Kier molecular flexibility index (Phi) is 3.43. The number of hydrogen-bond donors (Lipinski definition) is 1. The molecular formula is C12H18N2O. The number of aromatic nitrogens is 1. The molecule has 1 N–H and O–H groups in total. The van der Waals surface area contributed by atoms with Crippen LogP contribution in [0.15, 0.2) is 18.3 Å². The molecule has 3 nitrogen and oxygen atoms in total. The first kappa shape index (κ1) is 10.3. The standard InChI is InChI=1S/C12H18N2O/c1-2-15-11-4-3-8-13-12(11)14-9-7-10-5-6-10/h3-4,8,10H,2,5-7,9H2,1H3,(H,13,14). The Hall–Kier alpha value is -1.25. The molecule has 1 aliphatic rings. The molecule has 0 unspecified atom stereocenters. The zero-order valence-corrected chi connectivity index (χ0v) is 9.20. The van der Waals surface area contributed by atoms with E-state index in [1.54, 1.807) is 6.20 Å². The fourth-order valence-corrected chi connectivity index (χ4v) is 1.60. The molecule has 1 fully saturated rings. The molecular weight excluding hydrogens is 188 g/mol. The summed E-state index contributed by atoms with van der Waals surface area (Å²) in [4.78, 5) is 4.28. The maximum Gasteiger partial charge on any atom is 0.168 e. The van der Waals surface area contributed by atoms with Crippen molar-refractivity contribution in [2.75, 3.05) is 18.5 Å². The normalized spacial score (nSPS) is 15.0. The maximum atomic E-state index is 5.49. The van der Waals surface area contributed by atoms with Crippen molar-refractivity contribution in [3.05, 3.63) is 18.3 Å². The van der Waals surface area contributed by atoms with E-state index in [1.807, 2.05) is 19.1 Å². The highest BCUT2D eigenvalue weighted by Crippen LogP contribution is 2.32. The lowest BCUT2D eigenvalue weighted by atomic mass is 10.3. The minimum absolute atomic E-state index is 0.684. The van der Waals surface area contributed by atoms with Crippen molar-refractivity contribution in [2.24, 2.45) is 5.92 Å². The Morgan fingerprint density at radius 2 is 2.40 bits per heavy atom. The minimum atomic E-state index is 0.684. The lowest BCUT2D eigenvalue weighted by Gasteiger charge is -2.10. The molecule has 1 aliphatic carbocycles. The molecule has 2 rings (SSSR count). The summed E-state index contributed by atoms with van der Waals surface area (Å²) in [6, 6.07) is 3.85. The van der Waals surface area contributed by atoms with Crippen molar-refractivity contribution in [3.8, 4) is 5.75 Å². The topological polar surface area (TPSA) is 34.1 Å². The van der Waals surface area contributed by atoms with Crippen LogP contribution in [0.1, 0.15) is 26.2 Å². The van der Waals surface area contributed by atoms with Gasteiger partial charge in [0.2, 0.25) is 0 Å². The first-order valence-corrected chi connectivity index (χ1v) is 5.72. The summed E-state index contributed by atoms with van der Waals surface area (Å²) in [5.41, 5.74) is 0. The molecule has 15 heavy (non-hydrogen) atoms. The summed E-state index contributed by atoms with van der Waals surface area (Å²) in [6.45, 7) is 3.67. The van der Waals surface area contributed by atoms with Gasteiger partial charge in [-0.15, -0.1) is 0 Å². The molecule has 0 aliphatic heterocycles. The van der Waals surface area contributed by atoms with E-state index in [1.165, 1.54) is 19.3 Å². The SMILES string of the molecule is CCOc1cccnc1NCCC1CC1. The van der Waals surface area contributed by atoms with Gasteiger partial charge in [-0.25, -0.2) is 4.98 Å². The van der Waals surface area contributed by atoms with E-state index in [4.69, 9.17) is 4.74 Å². The summed E-state index contributed by atoms with van der Waals surface area (Å²) in [6.07, 6.45) is 5.86. The van der Waals surface area contributed by atoms with Crippen molar-refractivity contribution in [1.82, 2.24) is 4.98 Å². The van der Waals surface area contributed by atoms with E-state index in [-0.39, 0.29) is 0 Å². The molecule has 0 atom stereocenters. The van der Waals surface area contributed by atoms with E-state index < -0.39 is 0 Å². The minimum Gasteiger partial charge on any atom is -0.490 e. The fraction of sp³-hybridized carbons (Fsp3) is 0.583. The van der Waals surface area contributed by atoms with Gasteiger partial charge in [-0.1, -0.05) is 12.8 Å². The number of ether oxygens (including phenoxy) is 1. The summed E-state index contributed by atoms with van der Waals surface area (Å²) < 4.78 is 5.49. The monoisotopic (exact) mass is 206 g/mol. The van der Waals surface area contributed by atoms with Crippen molar-refractivity contribution < 1.29 is 4.74 Å². The summed E-state index contributed by atoms with van der Waals surface area (Å²) >= 11 is 0. The van der Waals surface area contributed by atoms with Gasteiger partial charge in [-0.05, 0) is 31.4 Å². The van der Waals surface area contributed by atoms with Gasteiger partial charge in [-0.3, -0.25) is 0 Å². The van der Waals surface area contributed by atoms with Gasteiger partial charge in [0.15, 0.2) is 11.6 Å². The summed E-state index contributed by atoms with van der Waals surface area (Å²) in [5.74, 6) is 2.69. The molecule has 1 aromatic heterocycles. The maximum absolute atomic E-state index is 5.49. The third-order valence-electron chi connectivity index (χ3n) is 2.61. The fourth-order valence-electron chi connectivity index (χ4n) is 1.60. The van der Waals surface area contributed by atoms with Crippen LogP contribution >= 0.6 is 0 Å². The number of pyridine rings is 1. The number of nitrogens with zero attached hydrogens (tertiary/aromatic N) is 1. The van der Waals surface area contributed by atoms with Crippen molar-refractivity contribution in [1.29, 1.82) is 0 Å². The highest BCUT2D eigenvalue weighted by molar-refractivity contribution is 5.49. The molecule has 0 spiro atoms. The van der Waals surface area contributed by atoms with Crippen LogP contribution in [0.5, 0.6) is 5.75 Å². The van der Waals surface area contributed by atoms with Crippen LogP contribution in [0, 0.1) is 5.92 Å². The second-order valence-electron chi connectivity index (χ2n) is 3.94. The van der Waals surface area contributed by atoms with Crippen molar-refractivity contribution in [2.45, 2.75) is 26.2 Å². The van der Waals surface area contributed by atoms with Gasteiger partial charge in [0.25, 0.3) is 0 Å². The van der Waals surface area contributed by atoms with E-state index in [2.05, 4.69) is 10.3 Å². The quantitative estimate of drug-likeness (QED) is 0.777. The van der Waals surface area contributed by atoms with Gasteiger partial charge in [-0.2, -0.15) is 0 Å². The molecule has 82 valence electrons. The Labute approximate surface area is 90.9 Å².